The van der Waals surface area contributed by atoms with Crippen LogP contribution in [0, 0.1) is 6.92 Å². The second kappa shape index (κ2) is 12.4. The van der Waals surface area contributed by atoms with Gasteiger partial charge in [-0.3, -0.25) is 19.8 Å². The van der Waals surface area contributed by atoms with Gasteiger partial charge >= 0.3 is 11.8 Å². The first-order valence-corrected chi connectivity index (χ1v) is 13.2. The van der Waals surface area contributed by atoms with Gasteiger partial charge in [-0.15, -0.1) is 0 Å². The van der Waals surface area contributed by atoms with Crippen LogP contribution >= 0.6 is 15.9 Å². The van der Waals surface area contributed by atoms with E-state index in [0.717, 1.165) is 29.3 Å². The quantitative estimate of drug-likeness (QED) is 0.162. The van der Waals surface area contributed by atoms with Gasteiger partial charge < -0.3 is 15.4 Å². The Hall–Kier alpha value is -4.11. The molecular formula is C29H29BrN4O4. The predicted octanol–water partition coefficient (Wildman–Crippen LogP) is 6.24. The first-order chi connectivity index (χ1) is 18.3. The van der Waals surface area contributed by atoms with Crippen LogP contribution in [0.25, 0.3) is 10.9 Å². The van der Waals surface area contributed by atoms with Gasteiger partial charge in [0.1, 0.15) is 11.4 Å². The lowest BCUT2D eigenvalue weighted by molar-refractivity contribution is -0.133. The maximum atomic E-state index is 13.2. The second-order valence-corrected chi connectivity index (χ2v) is 9.78. The molecule has 0 saturated heterocycles. The minimum atomic E-state index is -0.921. The maximum Gasteiger partial charge on any atom is 0.328 e. The lowest BCUT2D eigenvalue weighted by atomic mass is 10.2. The van der Waals surface area contributed by atoms with E-state index in [1.807, 2.05) is 31.2 Å². The fraction of sp³-hybridized carbons (Fsp3) is 0.207. The molecule has 0 aliphatic carbocycles. The molecule has 4 aromatic rings. The van der Waals surface area contributed by atoms with E-state index >= 15 is 0 Å². The molecule has 0 saturated carbocycles. The minimum Gasteiger partial charge on any atom is -0.494 e. The van der Waals surface area contributed by atoms with Crippen molar-refractivity contribution in [2.24, 2.45) is 0 Å². The number of amides is 3. The van der Waals surface area contributed by atoms with E-state index in [1.165, 1.54) is 4.68 Å². The van der Waals surface area contributed by atoms with Crippen LogP contribution in [0.2, 0.25) is 0 Å². The molecule has 1 aromatic heterocycles. The highest BCUT2D eigenvalue weighted by atomic mass is 79.9. The molecule has 9 heteroatoms. The summed E-state index contributed by atoms with van der Waals surface area (Å²) in [5.74, 6) is -1.53. The highest BCUT2D eigenvalue weighted by Crippen LogP contribution is 2.24. The third-order valence-corrected chi connectivity index (χ3v) is 6.31. The maximum absolute atomic E-state index is 13.2. The number of rotatable bonds is 9. The molecule has 0 bridgehead atoms. The Morgan fingerprint density at radius 2 is 1.66 bits per heavy atom. The summed E-state index contributed by atoms with van der Waals surface area (Å²) in [5.41, 5.74) is 5.36. The van der Waals surface area contributed by atoms with Gasteiger partial charge in [0.2, 0.25) is 0 Å². The Balaban J connectivity index is 1.48. The van der Waals surface area contributed by atoms with Crippen molar-refractivity contribution in [1.29, 1.82) is 0 Å². The molecule has 8 nitrogen and oxygen atoms in total. The highest BCUT2D eigenvalue weighted by Gasteiger charge is 2.21. The summed E-state index contributed by atoms with van der Waals surface area (Å²) < 4.78 is 7.82. The average Bonchev–Trinajstić information content (AvgIpc) is 3.24. The largest absolute Gasteiger partial charge is 0.494 e. The molecule has 0 radical (unpaired) electrons. The summed E-state index contributed by atoms with van der Waals surface area (Å²) >= 11 is 3.43. The number of hydrogen-bond acceptors (Lipinski definition) is 4. The Kier molecular flexibility index (Phi) is 8.81. The molecule has 0 atom stereocenters. The van der Waals surface area contributed by atoms with Crippen molar-refractivity contribution in [3.05, 3.63) is 88.5 Å². The molecule has 3 amide bonds. The van der Waals surface area contributed by atoms with Gasteiger partial charge in [0.25, 0.3) is 5.91 Å². The van der Waals surface area contributed by atoms with Gasteiger partial charge in [0.05, 0.1) is 12.1 Å². The zero-order chi connectivity index (χ0) is 27.1. The molecule has 0 aliphatic rings. The fourth-order valence-corrected chi connectivity index (χ4v) is 4.29. The summed E-state index contributed by atoms with van der Waals surface area (Å²) in [6.07, 6.45) is 3.20. The lowest BCUT2D eigenvalue weighted by Gasteiger charge is -2.13. The van der Waals surface area contributed by atoms with Gasteiger partial charge in [0, 0.05) is 21.2 Å². The average molecular weight is 577 g/mol. The number of nitrogens with one attached hydrogen (secondary N) is 3. The van der Waals surface area contributed by atoms with Crippen molar-refractivity contribution in [1.82, 2.24) is 4.68 Å². The van der Waals surface area contributed by atoms with Crippen LogP contribution in [0.1, 0.15) is 42.2 Å². The number of carbonyl (C=O) groups is 3. The van der Waals surface area contributed by atoms with Crippen molar-refractivity contribution in [3.63, 3.8) is 0 Å². The smallest absolute Gasteiger partial charge is 0.328 e. The molecule has 0 fully saturated rings. The Labute approximate surface area is 229 Å². The number of aromatic nitrogens is 1. The van der Waals surface area contributed by atoms with E-state index < -0.39 is 17.7 Å². The molecule has 0 unspecified atom stereocenters. The summed E-state index contributed by atoms with van der Waals surface area (Å²) in [6, 6.07) is 21.2. The van der Waals surface area contributed by atoms with E-state index in [-0.39, 0.29) is 5.69 Å². The molecule has 38 heavy (non-hydrogen) atoms. The first-order valence-electron chi connectivity index (χ1n) is 12.4. The lowest BCUT2D eigenvalue weighted by Crippen LogP contribution is -2.36. The van der Waals surface area contributed by atoms with E-state index in [1.54, 1.807) is 48.5 Å². The zero-order valence-electron chi connectivity index (χ0n) is 21.2. The molecule has 3 aromatic carbocycles. The molecule has 0 spiro atoms. The normalized spacial score (nSPS) is 10.7. The monoisotopic (exact) mass is 576 g/mol. The molecule has 196 valence electrons. The number of aryl methyl sites for hydroxylation is 1. The summed E-state index contributed by atoms with van der Waals surface area (Å²) in [6.45, 7) is 4.69. The van der Waals surface area contributed by atoms with Crippen LogP contribution < -0.4 is 20.8 Å². The topological polar surface area (TPSA) is 101 Å². The molecule has 0 aliphatic heterocycles. The molecular weight excluding hydrogens is 548 g/mol. The van der Waals surface area contributed by atoms with Crippen molar-refractivity contribution < 1.29 is 19.1 Å². The summed E-state index contributed by atoms with van der Waals surface area (Å²) in [5, 5.41) is 6.14. The van der Waals surface area contributed by atoms with Gasteiger partial charge in [-0.2, -0.15) is 0 Å². The number of fused-ring (bicyclic) bond motifs is 1. The number of benzene rings is 3. The fourth-order valence-electron chi connectivity index (χ4n) is 3.91. The van der Waals surface area contributed by atoms with Gasteiger partial charge in [0.15, 0.2) is 0 Å². The van der Waals surface area contributed by atoms with Crippen LogP contribution in [-0.2, 0) is 9.59 Å². The second-order valence-electron chi connectivity index (χ2n) is 8.87. The Morgan fingerprint density at radius 1 is 0.868 bits per heavy atom. The standard InChI is InChI=1S/C29H29BrN4O4/c1-3-4-5-15-38-24-12-10-22(11-13-24)31-28(36)29(37)33-34-25-14-9-21(30)17-20(25)18-26(34)27(35)32-23-8-6-7-19(2)16-23/h6-14,16-18H,3-5,15H2,1-2H3,(H,31,36)(H,32,35)(H,33,37). The number of hydrogen-bond donors (Lipinski definition) is 3. The van der Waals surface area contributed by atoms with E-state index in [0.29, 0.717) is 34.6 Å². The van der Waals surface area contributed by atoms with E-state index in [2.05, 4.69) is 38.9 Å². The van der Waals surface area contributed by atoms with Crippen LogP contribution in [0.3, 0.4) is 0 Å². The number of nitrogens with zero attached hydrogens (tertiary/aromatic N) is 1. The number of unbranched alkanes of at least 4 members (excludes halogenated alkanes) is 2. The molecule has 3 N–H and O–H groups in total. The number of halogens is 1. The van der Waals surface area contributed by atoms with Gasteiger partial charge in [-0.05, 0) is 79.6 Å². The van der Waals surface area contributed by atoms with Crippen molar-refractivity contribution in [3.8, 4) is 5.75 Å². The highest BCUT2D eigenvalue weighted by molar-refractivity contribution is 9.10. The van der Waals surface area contributed by atoms with Crippen LogP contribution in [-0.4, -0.2) is 29.0 Å². The zero-order valence-corrected chi connectivity index (χ0v) is 22.8. The minimum absolute atomic E-state index is 0.172. The van der Waals surface area contributed by atoms with Crippen LogP contribution in [0.15, 0.2) is 77.3 Å². The van der Waals surface area contributed by atoms with Crippen LogP contribution in [0.5, 0.6) is 5.75 Å². The number of carbonyl (C=O) groups excluding carboxylic acids is 3. The molecule has 1 heterocycles. The summed E-state index contributed by atoms with van der Waals surface area (Å²) in [4.78, 5) is 38.7. The Morgan fingerprint density at radius 3 is 2.39 bits per heavy atom. The number of ether oxygens (including phenoxy) is 1. The van der Waals surface area contributed by atoms with Crippen molar-refractivity contribution >= 4 is 55.9 Å². The first kappa shape index (κ1) is 26.9. The predicted molar refractivity (Wildman–Crippen MR) is 153 cm³/mol. The summed E-state index contributed by atoms with van der Waals surface area (Å²) in [7, 11) is 0. The third kappa shape index (κ3) is 6.80. The number of anilines is 2. The third-order valence-electron chi connectivity index (χ3n) is 5.82. The van der Waals surface area contributed by atoms with Crippen molar-refractivity contribution in [2.75, 3.05) is 22.7 Å². The van der Waals surface area contributed by atoms with E-state index in [4.69, 9.17) is 4.74 Å². The van der Waals surface area contributed by atoms with E-state index in [9.17, 15) is 14.4 Å². The van der Waals surface area contributed by atoms with Crippen molar-refractivity contribution in [2.45, 2.75) is 33.1 Å². The SMILES string of the molecule is CCCCCOc1ccc(NC(=O)C(=O)Nn2c(C(=O)Nc3cccc(C)c3)cc3cc(Br)ccc32)cc1. The van der Waals surface area contributed by atoms with Crippen LogP contribution in [0.4, 0.5) is 11.4 Å². The van der Waals surface area contributed by atoms with Gasteiger partial charge in [-0.25, -0.2) is 4.68 Å². The molecule has 4 rings (SSSR count). The Bertz CT molecular complexity index is 1460. The van der Waals surface area contributed by atoms with Gasteiger partial charge in [-0.1, -0.05) is 47.8 Å².